The molecule has 0 bridgehead atoms. The van der Waals surface area contributed by atoms with E-state index in [1.807, 2.05) is 0 Å². The van der Waals surface area contributed by atoms with Crippen molar-refractivity contribution in [3.8, 4) is 0 Å². The number of hydrogen-bond donors (Lipinski definition) is 1. The fraction of sp³-hybridized carbons (Fsp3) is 0.333. The Labute approximate surface area is 98.6 Å². The highest BCUT2D eigenvalue weighted by Crippen LogP contribution is 2.27. The summed E-state index contributed by atoms with van der Waals surface area (Å²) in [4.78, 5) is 16.0. The van der Waals surface area contributed by atoms with Gasteiger partial charge in [0, 0.05) is 6.20 Å². The third kappa shape index (κ3) is 2.22. The van der Waals surface area contributed by atoms with Crippen molar-refractivity contribution in [3.63, 3.8) is 0 Å². The highest BCUT2D eigenvalue weighted by Gasteiger charge is 2.25. The molecule has 2 aromatic rings. The van der Waals surface area contributed by atoms with Crippen LogP contribution in [0.5, 0.6) is 0 Å². The van der Waals surface area contributed by atoms with Gasteiger partial charge in [0.15, 0.2) is 5.58 Å². The van der Waals surface area contributed by atoms with Gasteiger partial charge in [-0.25, -0.2) is 4.79 Å². The molecular formula is C12H14N2O3. The number of carbonyl (C=O) groups is 1. The molecule has 0 saturated heterocycles. The number of carbonyl (C=O) groups excluding carboxylic acids is 1. The van der Waals surface area contributed by atoms with Gasteiger partial charge in [-0.3, -0.25) is 4.98 Å². The van der Waals surface area contributed by atoms with Gasteiger partial charge in [0.25, 0.3) is 0 Å². The van der Waals surface area contributed by atoms with E-state index in [-0.39, 0.29) is 11.4 Å². The van der Waals surface area contributed by atoms with E-state index >= 15 is 0 Å². The lowest BCUT2D eigenvalue weighted by Crippen LogP contribution is -2.24. The lowest BCUT2D eigenvalue weighted by atomic mass is 10.2. The number of hydrogen-bond acceptors (Lipinski definition) is 5. The van der Waals surface area contributed by atoms with Gasteiger partial charge in [0.1, 0.15) is 16.7 Å². The van der Waals surface area contributed by atoms with Crippen molar-refractivity contribution in [2.24, 2.45) is 0 Å². The summed E-state index contributed by atoms with van der Waals surface area (Å²) >= 11 is 0. The number of rotatable bonds is 1. The van der Waals surface area contributed by atoms with Crippen LogP contribution in [0.1, 0.15) is 31.1 Å². The molecule has 0 amide bonds. The third-order valence-corrected chi connectivity index (χ3v) is 2.08. The molecule has 5 nitrogen and oxygen atoms in total. The molecule has 0 aliphatic heterocycles. The van der Waals surface area contributed by atoms with Crippen molar-refractivity contribution >= 4 is 23.0 Å². The van der Waals surface area contributed by atoms with Crippen LogP contribution in [0.4, 0.5) is 5.88 Å². The van der Waals surface area contributed by atoms with Crippen LogP contribution in [-0.2, 0) is 4.74 Å². The first kappa shape index (κ1) is 11.4. The monoisotopic (exact) mass is 234 g/mol. The quantitative estimate of drug-likeness (QED) is 0.766. The average molecular weight is 234 g/mol. The van der Waals surface area contributed by atoms with E-state index in [1.54, 1.807) is 39.1 Å². The summed E-state index contributed by atoms with van der Waals surface area (Å²) in [6.45, 7) is 5.37. The zero-order valence-corrected chi connectivity index (χ0v) is 9.98. The van der Waals surface area contributed by atoms with Gasteiger partial charge in [-0.2, -0.15) is 0 Å². The SMILES string of the molecule is CC(C)(C)OC(=O)c1c(N)oc2cccnc12. The van der Waals surface area contributed by atoms with Crippen molar-refractivity contribution in [1.29, 1.82) is 0 Å². The van der Waals surface area contributed by atoms with Gasteiger partial charge in [0.05, 0.1) is 0 Å². The number of pyridine rings is 1. The second kappa shape index (κ2) is 3.76. The third-order valence-electron chi connectivity index (χ3n) is 2.08. The number of nitrogen functional groups attached to an aromatic ring is 1. The number of aromatic nitrogens is 1. The van der Waals surface area contributed by atoms with Crippen LogP contribution in [0.2, 0.25) is 0 Å². The molecule has 0 saturated carbocycles. The molecular weight excluding hydrogens is 220 g/mol. The minimum absolute atomic E-state index is 0.0351. The maximum atomic E-state index is 12.0. The minimum Gasteiger partial charge on any atom is -0.456 e. The molecule has 2 N–H and O–H groups in total. The molecule has 0 aliphatic rings. The van der Waals surface area contributed by atoms with Crippen LogP contribution in [0, 0.1) is 0 Å². The summed E-state index contributed by atoms with van der Waals surface area (Å²) in [5.74, 6) is -0.486. The Morgan fingerprint density at radius 1 is 1.47 bits per heavy atom. The molecule has 0 aromatic carbocycles. The second-order valence-corrected chi connectivity index (χ2v) is 4.69. The number of anilines is 1. The topological polar surface area (TPSA) is 78.4 Å². The Morgan fingerprint density at radius 3 is 2.82 bits per heavy atom. The fourth-order valence-corrected chi connectivity index (χ4v) is 1.47. The summed E-state index contributed by atoms with van der Waals surface area (Å²) in [5, 5.41) is 0. The maximum absolute atomic E-state index is 12.0. The number of ether oxygens (including phenoxy) is 1. The molecule has 0 spiro atoms. The van der Waals surface area contributed by atoms with Crippen molar-refractivity contribution in [2.75, 3.05) is 5.73 Å². The number of nitrogens with two attached hydrogens (primary N) is 1. The van der Waals surface area contributed by atoms with Gasteiger partial charge in [-0.05, 0) is 32.9 Å². The molecule has 0 unspecified atom stereocenters. The summed E-state index contributed by atoms with van der Waals surface area (Å²) < 4.78 is 10.5. The summed E-state index contributed by atoms with van der Waals surface area (Å²) in [7, 11) is 0. The molecule has 90 valence electrons. The van der Waals surface area contributed by atoms with Crippen molar-refractivity contribution in [3.05, 3.63) is 23.9 Å². The first-order chi connectivity index (χ1) is 7.88. The molecule has 5 heteroatoms. The molecule has 2 rings (SSSR count). The smallest absolute Gasteiger partial charge is 0.346 e. The Kier molecular flexibility index (Phi) is 2.53. The standard InChI is InChI=1S/C12H14N2O3/c1-12(2,3)17-11(15)8-9-7(16-10(8)13)5-4-6-14-9/h4-6H,13H2,1-3H3. The summed E-state index contributed by atoms with van der Waals surface area (Å²) in [6, 6.07) is 3.41. The zero-order chi connectivity index (χ0) is 12.6. The van der Waals surface area contributed by atoms with Crippen LogP contribution in [-0.4, -0.2) is 16.6 Å². The lowest BCUT2D eigenvalue weighted by molar-refractivity contribution is 0.00722. The highest BCUT2D eigenvalue weighted by atomic mass is 16.6. The Morgan fingerprint density at radius 2 is 2.18 bits per heavy atom. The Bertz CT molecular complexity index is 567. The molecule has 17 heavy (non-hydrogen) atoms. The van der Waals surface area contributed by atoms with Gasteiger partial charge in [0.2, 0.25) is 5.88 Å². The maximum Gasteiger partial charge on any atom is 0.346 e. The number of fused-ring (bicyclic) bond motifs is 1. The number of nitrogens with zero attached hydrogens (tertiary/aromatic N) is 1. The highest BCUT2D eigenvalue weighted by molar-refractivity contribution is 6.06. The van der Waals surface area contributed by atoms with Crippen LogP contribution < -0.4 is 5.73 Å². The summed E-state index contributed by atoms with van der Waals surface area (Å²) in [6.07, 6.45) is 1.57. The summed E-state index contributed by atoms with van der Waals surface area (Å²) in [5.41, 5.74) is 6.18. The predicted molar refractivity (Wildman–Crippen MR) is 63.6 cm³/mol. The van der Waals surface area contributed by atoms with Gasteiger partial charge >= 0.3 is 5.97 Å². The van der Waals surface area contributed by atoms with E-state index in [4.69, 9.17) is 14.9 Å². The van der Waals surface area contributed by atoms with Crippen LogP contribution in [0.3, 0.4) is 0 Å². The second-order valence-electron chi connectivity index (χ2n) is 4.69. The largest absolute Gasteiger partial charge is 0.456 e. The average Bonchev–Trinajstić information content (AvgIpc) is 2.50. The van der Waals surface area contributed by atoms with E-state index in [2.05, 4.69) is 4.98 Å². The molecule has 0 aliphatic carbocycles. The Balaban J connectivity index is 2.48. The fourth-order valence-electron chi connectivity index (χ4n) is 1.47. The first-order valence-electron chi connectivity index (χ1n) is 5.25. The van der Waals surface area contributed by atoms with E-state index in [1.165, 1.54) is 0 Å². The lowest BCUT2D eigenvalue weighted by Gasteiger charge is -2.18. The minimum atomic E-state index is -0.581. The normalized spacial score (nSPS) is 11.7. The van der Waals surface area contributed by atoms with Gasteiger partial charge in [-0.1, -0.05) is 0 Å². The molecule has 0 atom stereocenters. The number of furan rings is 1. The van der Waals surface area contributed by atoms with E-state index < -0.39 is 11.6 Å². The zero-order valence-electron chi connectivity index (χ0n) is 9.98. The van der Waals surface area contributed by atoms with Crippen LogP contribution in [0.25, 0.3) is 11.1 Å². The number of esters is 1. The molecule has 2 aromatic heterocycles. The molecule has 0 fully saturated rings. The van der Waals surface area contributed by atoms with Crippen LogP contribution >= 0.6 is 0 Å². The Hall–Kier alpha value is -2.04. The predicted octanol–water partition coefficient (Wildman–Crippen LogP) is 2.37. The van der Waals surface area contributed by atoms with Crippen LogP contribution in [0.15, 0.2) is 22.7 Å². The van der Waals surface area contributed by atoms with E-state index in [0.717, 1.165) is 0 Å². The van der Waals surface area contributed by atoms with Crippen molar-refractivity contribution < 1.29 is 13.9 Å². The van der Waals surface area contributed by atoms with Crippen molar-refractivity contribution in [1.82, 2.24) is 4.98 Å². The van der Waals surface area contributed by atoms with E-state index in [0.29, 0.717) is 11.1 Å². The molecule has 2 heterocycles. The van der Waals surface area contributed by atoms with Gasteiger partial charge < -0.3 is 14.9 Å². The van der Waals surface area contributed by atoms with E-state index in [9.17, 15) is 4.79 Å². The van der Waals surface area contributed by atoms with Crippen molar-refractivity contribution in [2.45, 2.75) is 26.4 Å². The van der Waals surface area contributed by atoms with Gasteiger partial charge in [-0.15, -0.1) is 0 Å². The molecule has 0 radical (unpaired) electrons. The first-order valence-corrected chi connectivity index (χ1v) is 5.25.